The largest absolute Gasteiger partial charge is 0.358 e. The van der Waals surface area contributed by atoms with Crippen LogP contribution in [0.3, 0.4) is 0 Å². The highest BCUT2D eigenvalue weighted by Gasteiger charge is 2.29. The fraction of sp³-hybridized carbons (Fsp3) is 0.438. The van der Waals surface area contributed by atoms with E-state index in [4.69, 9.17) is 0 Å². The van der Waals surface area contributed by atoms with E-state index >= 15 is 0 Å². The molecule has 118 valence electrons. The second-order valence-corrected chi connectivity index (χ2v) is 6.41. The monoisotopic (exact) mass is 307 g/mol. The van der Waals surface area contributed by atoms with Gasteiger partial charge >= 0.3 is 0 Å². The van der Waals surface area contributed by atoms with Crippen LogP contribution in [0.15, 0.2) is 18.2 Å². The van der Waals surface area contributed by atoms with Gasteiger partial charge in [0, 0.05) is 42.2 Å². The van der Waals surface area contributed by atoms with E-state index in [0.717, 1.165) is 18.3 Å². The smallest absolute Gasteiger partial charge is 0.236 e. The molecular weight excluding hydrogens is 288 g/mol. The number of carbonyl (C=O) groups is 1. The fourth-order valence-corrected chi connectivity index (χ4v) is 2.90. The maximum atomic E-state index is 13.8. The van der Waals surface area contributed by atoms with Gasteiger partial charge in [-0.1, -0.05) is 13.8 Å². The summed E-state index contributed by atoms with van der Waals surface area (Å²) in [6.07, 6.45) is 0. The Hall–Kier alpha value is -1.95. The molecule has 1 aliphatic heterocycles. The minimum absolute atomic E-state index is 0.0626. The van der Waals surface area contributed by atoms with Gasteiger partial charge in [-0.3, -0.25) is 4.79 Å². The summed E-state index contributed by atoms with van der Waals surface area (Å²) in [4.78, 5) is 16.8. The molecule has 2 heterocycles. The zero-order valence-corrected chi connectivity index (χ0v) is 12.7. The summed E-state index contributed by atoms with van der Waals surface area (Å²) in [6, 6.07) is 3.87. The molecule has 0 saturated carbocycles. The Morgan fingerprint density at radius 1 is 1.27 bits per heavy atom. The van der Waals surface area contributed by atoms with Crippen molar-refractivity contribution in [3.63, 3.8) is 0 Å². The minimum Gasteiger partial charge on any atom is -0.358 e. The lowest BCUT2D eigenvalue weighted by molar-refractivity contribution is -0.132. The third-order valence-corrected chi connectivity index (χ3v) is 4.16. The van der Waals surface area contributed by atoms with Gasteiger partial charge in [0.25, 0.3) is 0 Å². The van der Waals surface area contributed by atoms with Gasteiger partial charge in [-0.25, -0.2) is 8.78 Å². The number of fused-ring (bicyclic) bond motifs is 1. The van der Waals surface area contributed by atoms with Crippen LogP contribution in [0.4, 0.5) is 8.78 Å². The topological polar surface area (TPSA) is 48.1 Å². The van der Waals surface area contributed by atoms with Crippen molar-refractivity contribution in [2.24, 2.45) is 0 Å². The number of piperazine rings is 1. The molecule has 0 bridgehead atoms. The molecule has 1 aromatic heterocycles. The summed E-state index contributed by atoms with van der Waals surface area (Å²) in [7, 11) is 0. The van der Waals surface area contributed by atoms with Gasteiger partial charge in [0.1, 0.15) is 11.6 Å². The highest BCUT2D eigenvalue weighted by Crippen LogP contribution is 2.29. The number of nitrogens with zero attached hydrogens (tertiary/aromatic N) is 1. The average Bonchev–Trinajstić information content (AvgIpc) is 2.86. The number of H-pyrrole nitrogens is 1. The van der Waals surface area contributed by atoms with Crippen LogP contribution in [0, 0.1) is 11.6 Å². The summed E-state index contributed by atoms with van der Waals surface area (Å²) in [5, 5.41) is 3.41. The third-order valence-electron chi connectivity index (χ3n) is 4.16. The molecule has 4 nitrogen and oxygen atoms in total. The zero-order valence-electron chi connectivity index (χ0n) is 12.7. The third kappa shape index (κ3) is 2.70. The lowest BCUT2D eigenvalue weighted by Gasteiger charge is -2.34. The predicted molar refractivity (Wildman–Crippen MR) is 80.7 cm³/mol. The number of rotatable bonds is 3. The van der Waals surface area contributed by atoms with Crippen molar-refractivity contribution in [2.75, 3.05) is 26.2 Å². The first-order valence-electron chi connectivity index (χ1n) is 7.33. The normalized spacial score (nSPS) is 16.5. The van der Waals surface area contributed by atoms with E-state index in [-0.39, 0.29) is 11.3 Å². The number of halogens is 2. The maximum Gasteiger partial charge on any atom is 0.236 e. The number of nitrogens with one attached hydrogen (secondary N) is 2. The number of aromatic nitrogens is 1. The fourth-order valence-electron chi connectivity index (χ4n) is 2.90. The molecular formula is C16H19F2N3O. The van der Waals surface area contributed by atoms with Crippen molar-refractivity contribution in [3.8, 4) is 0 Å². The van der Waals surface area contributed by atoms with Crippen LogP contribution >= 0.6 is 0 Å². The molecule has 0 aliphatic carbocycles. The van der Waals surface area contributed by atoms with Gasteiger partial charge in [-0.15, -0.1) is 0 Å². The van der Waals surface area contributed by atoms with E-state index < -0.39 is 11.6 Å². The highest BCUT2D eigenvalue weighted by atomic mass is 19.1. The summed E-state index contributed by atoms with van der Waals surface area (Å²) in [5.74, 6) is -1.12. The molecule has 2 N–H and O–H groups in total. The molecule has 3 rings (SSSR count). The maximum absolute atomic E-state index is 13.8. The molecule has 0 spiro atoms. The van der Waals surface area contributed by atoms with Gasteiger partial charge < -0.3 is 15.2 Å². The Kier molecular flexibility index (Phi) is 3.64. The predicted octanol–water partition coefficient (Wildman–Crippen LogP) is 2.16. The summed E-state index contributed by atoms with van der Waals surface area (Å²) >= 11 is 0. The first-order chi connectivity index (χ1) is 10.4. The lowest BCUT2D eigenvalue weighted by atomic mass is 9.88. The lowest BCUT2D eigenvalue weighted by Crippen LogP contribution is -2.51. The second kappa shape index (κ2) is 5.35. The van der Waals surface area contributed by atoms with Crippen LogP contribution < -0.4 is 5.32 Å². The van der Waals surface area contributed by atoms with E-state index in [9.17, 15) is 13.6 Å². The van der Waals surface area contributed by atoms with E-state index in [1.807, 2.05) is 13.8 Å². The van der Waals surface area contributed by atoms with Crippen molar-refractivity contribution in [1.29, 1.82) is 0 Å². The van der Waals surface area contributed by atoms with Crippen LogP contribution in [0.25, 0.3) is 10.9 Å². The van der Waals surface area contributed by atoms with Crippen LogP contribution in [0.2, 0.25) is 0 Å². The Bertz CT molecular complexity index is 723. The molecule has 0 atom stereocenters. The Morgan fingerprint density at radius 3 is 2.77 bits per heavy atom. The minimum atomic E-state index is -0.603. The van der Waals surface area contributed by atoms with E-state index in [1.165, 1.54) is 6.07 Å². The van der Waals surface area contributed by atoms with Gasteiger partial charge in [0.05, 0.1) is 12.1 Å². The van der Waals surface area contributed by atoms with Gasteiger partial charge in [0.2, 0.25) is 5.91 Å². The number of amides is 1. The molecule has 2 aromatic rings. The van der Waals surface area contributed by atoms with Gasteiger partial charge in [-0.05, 0) is 12.1 Å². The standard InChI is InChI=1S/C16H19F2N3O/c1-16(2,9-21-4-3-19-8-15(21)22)14-7-11-12(18)5-10(17)6-13(11)20-14/h5-7,19-20H,3-4,8-9H2,1-2H3. The van der Waals surface area contributed by atoms with Crippen LogP contribution in [-0.4, -0.2) is 42.0 Å². The first-order valence-corrected chi connectivity index (χ1v) is 7.33. The molecule has 1 aliphatic rings. The average molecular weight is 307 g/mol. The van der Waals surface area contributed by atoms with Crippen LogP contribution in [0.5, 0.6) is 0 Å². The molecule has 0 unspecified atom stereocenters. The molecule has 0 radical (unpaired) electrons. The van der Waals surface area contributed by atoms with E-state index in [0.29, 0.717) is 30.5 Å². The molecule has 1 saturated heterocycles. The second-order valence-electron chi connectivity index (χ2n) is 6.41. The number of aromatic amines is 1. The summed E-state index contributed by atoms with van der Waals surface area (Å²) in [5.41, 5.74) is 0.847. The van der Waals surface area contributed by atoms with Crippen molar-refractivity contribution in [3.05, 3.63) is 35.5 Å². The summed E-state index contributed by atoms with van der Waals surface area (Å²) < 4.78 is 27.1. The van der Waals surface area contributed by atoms with Gasteiger partial charge in [-0.2, -0.15) is 0 Å². The number of carbonyl (C=O) groups excluding carboxylic acids is 1. The highest BCUT2D eigenvalue weighted by molar-refractivity contribution is 5.82. The van der Waals surface area contributed by atoms with E-state index in [1.54, 1.807) is 11.0 Å². The number of hydrogen-bond donors (Lipinski definition) is 2. The number of hydrogen-bond acceptors (Lipinski definition) is 2. The van der Waals surface area contributed by atoms with Crippen LogP contribution in [0.1, 0.15) is 19.5 Å². The number of benzene rings is 1. The Morgan fingerprint density at radius 2 is 2.05 bits per heavy atom. The summed E-state index contributed by atoms with van der Waals surface area (Å²) in [6.45, 7) is 6.29. The Labute approximate surface area is 127 Å². The quantitative estimate of drug-likeness (QED) is 0.913. The molecule has 1 aromatic carbocycles. The van der Waals surface area contributed by atoms with E-state index in [2.05, 4.69) is 10.3 Å². The van der Waals surface area contributed by atoms with Crippen LogP contribution in [-0.2, 0) is 10.2 Å². The van der Waals surface area contributed by atoms with Crippen molar-refractivity contribution >= 4 is 16.8 Å². The van der Waals surface area contributed by atoms with Crippen molar-refractivity contribution in [2.45, 2.75) is 19.3 Å². The zero-order chi connectivity index (χ0) is 15.9. The molecule has 22 heavy (non-hydrogen) atoms. The SMILES string of the molecule is CC(C)(CN1CCNCC1=O)c1cc2c(F)cc(F)cc2[nH]1. The van der Waals surface area contributed by atoms with Gasteiger partial charge in [0.15, 0.2) is 0 Å². The molecule has 1 fully saturated rings. The van der Waals surface area contributed by atoms with Crippen molar-refractivity contribution in [1.82, 2.24) is 15.2 Å². The Balaban J connectivity index is 1.91. The molecule has 1 amide bonds. The first kappa shape index (κ1) is 15.0. The molecule has 6 heteroatoms. The van der Waals surface area contributed by atoms with Crippen molar-refractivity contribution < 1.29 is 13.6 Å².